The Kier molecular flexibility index (Phi) is 3.41. The van der Waals surface area contributed by atoms with Gasteiger partial charge in [0.1, 0.15) is 6.61 Å². The summed E-state index contributed by atoms with van der Waals surface area (Å²) in [4.78, 5) is 17.1. The summed E-state index contributed by atoms with van der Waals surface area (Å²) in [5.74, 6) is 0.759. The minimum absolute atomic E-state index is 0.167. The summed E-state index contributed by atoms with van der Waals surface area (Å²) in [7, 11) is 0. The highest BCUT2D eigenvalue weighted by Crippen LogP contribution is 2.39. The SMILES string of the molecule is CCC1CCc2c1n(-c1cc(C#N)ccn1)[n+]1c2C(=O)NC1(C)CO. The molecule has 1 aliphatic heterocycles. The van der Waals surface area contributed by atoms with Gasteiger partial charge in [-0.25, -0.2) is 4.98 Å². The van der Waals surface area contributed by atoms with E-state index >= 15 is 0 Å². The first-order chi connectivity index (χ1) is 12.0. The molecular formula is C18H20N5O2+. The second-order valence-corrected chi connectivity index (χ2v) is 6.88. The van der Waals surface area contributed by atoms with Gasteiger partial charge in [-0.1, -0.05) is 11.6 Å². The molecule has 2 aromatic rings. The van der Waals surface area contributed by atoms with Crippen molar-refractivity contribution in [2.75, 3.05) is 6.61 Å². The molecule has 25 heavy (non-hydrogen) atoms. The molecule has 2 unspecified atom stereocenters. The molecule has 7 heteroatoms. The molecule has 0 saturated carbocycles. The van der Waals surface area contributed by atoms with Crippen molar-refractivity contribution in [1.82, 2.24) is 15.0 Å². The van der Waals surface area contributed by atoms with Crippen molar-refractivity contribution in [2.24, 2.45) is 0 Å². The maximum Gasteiger partial charge on any atom is 0.324 e. The van der Waals surface area contributed by atoms with Crippen LogP contribution in [0.5, 0.6) is 0 Å². The van der Waals surface area contributed by atoms with E-state index in [1.807, 2.05) is 9.36 Å². The largest absolute Gasteiger partial charge is 0.387 e. The number of nitrogens with zero attached hydrogens (tertiary/aromatic N) is 4. The van der Waals surface area contributed by atoms with E-state index < -0.39 is 5.66 Å². The van der Waals surface area contributed by atoms with Crippen LogP contribution in [0.1, 0.15) is 59.9 Å². The van der Waals surface area contributed by atoms with Crippen LogP contribution in [0.15, 0.2) is 18.3 Å². The zero-order valence-corrected chi connectivity index (χ0v) is 14.3. The minimum Gasteiger partial charge on any atom is -0.387 e. The lowest BCUT2D eigenvalue weighted by Gasteiger charge is -2.19. The van der Waals surface area contributed by atoms with E-state index in [2.05, 4.69) is 23.3 Å². The van der Waals surface area contributed by atoms with Crippen LogP contribution >= 0.6 is 0 Å². The molecule has 4 rings (SSSR count). The topological polar surface area (TPSA) is 94.8 Å². The third kappa shape index (κ3) is 2.04. The van der Waals surface area contributed by atoms with Gasteiger partial charge in [0, 0.05) is 25.1 Å². The maximum atomic E-state index is 12.6. The Balaban J connectivity index is 2.07. The number of nitriles is 1. The van der Waals surface area contributed by atoms with Gasteiger partial charge in [-0.3, -0.25) is 10.1 Å². The van der Waals surface area contributed by atoms with Gasteiger partial charge in [0.2, 0.25) is 0 Å². The van der Waals surface area contributed by atoms with Crippen molar-refractivity contribution >= 4 is 5.91 Å². The molecule has 128 valence electrons. The number of aliphatic hydroxyl groups is 1. The number of amides is 1. The van der Waals surface area contributed by atoms with E-state index in [1.165, 1.54) is 0 Å². The zero-order valence-electron chi connectivity index (χ0n) is 14.3. The normalized spacial score (nSPS) is 23.9. The zero-order chi connectivity index (χ0) is 17.8. The molecule has 2 atom stereocenters. The Hall–Kier alpha value is -2.72. The predicted molar refractivity (Wildman–Crippen MR) is 88.0 cm³/mol. The number of fused-ring (bicyclic) bond motifs is 3. The number of carbonyl (C=O) groups is 1. The smallest absolute Gasteiger partial charge is 0.324 e. The van der Waals surface area contributed by atoms with Crippen molar-refractivity contribution in [3.05, 3.63) is 40.8 Å². The summed E-state index contributed by atoms with van der Waals surface area (Å²) in [6.45, 7) is 3.70. The van der Waals surface area contributed by atoms with Gasteiger partial charge in [-0.15, -0.1) is 4.68 Å². The van der Waals surface area contributed by atoms with Crippen LogP contribution in [0.25, 0.3) is 5.82 Å². The first kappa shape index (κ1) is 15.8. The third-order valence-corrected chi connectivity index (χ3v) is 5.32. The number of rotatable bonds is 3. The van der Waals surface area contributed by atoms with Gasteiger partial charge in [-0.05, 0) is 25.3 Å². The lowest BCUT2D eigenvalue weighted by atomic mass is 10.0. The molecule has 1 aliphatic carbocycles. The summed E-state index contributed by atoms with van der Waals surface area (Å²) in [6.07, 6.45) is 4.40. The molecule has 2 N–H and O–H groups in total. The van der Waals surface area contributed by atoms with E-state index in [-0.39, 0.29) is 12.5 Å². The molecule has 0 spiro atoms. The van der Waals surface area contributed by atoms with Crippen LogP contribution in [0.4, 0.5) is 0 Å². The highest BCUT2D eigenvalue weighted by molar-refractivity contribution is 5.94. The van der Waals surface area contributed by atoms with E-state index in [9.17, 15) is 15.2 Å². The Bertz CT molecular complexity index is 926. The Morgan fingerprint density at radius 2 is 2.40 bits per heavy atom. The third-order valence-electron chi connectivity index (χ3n) is 5.32. The van der Waals surface area contributed by atoms with E-state index in [1.54, 1.807) is 25.3 Å². The summed E-state index contributed by atoms with van der Waals surface area (Å²) < 4.78 is 3.76. The van der Waals surface area contributed by atoms with Gasteiger partial charge in [0.05, 0.1) is 22.9 Å². The van der Waals surface area contributed by atoms with Gasteiger partial charge >= 0.3 is 11.6 Å². The van der Waals surface area contributed by atoms with Gasteiger partial charge < -0.3 is 5.11 Å². The molecule has 0 aromatic carbocycles. The second kappa shape index (κ2) is 5.39. The average molecular weight is 338 g/mol. The van der Waals surface area contributed by atoms with Gasteiger partial charge in [0.15, 0.2) is 5.82 Å². The molecule has 0 saturated heterocycles. The summed E-state index contributed by atoms with van der Waals surface area (Å²) in [6, 6.07) is 5.52. The number of hydrogen-bond acceptors (Lipinski definition) is 4. The van der Waals surface area contributed by atoms with Crippen LogP contribution < -0.4 is 10.00 Å². The molecular weight excluding hydrogens is 318 g/mol. The molecule has 0 fully saturated rings. The first-order valence-electron chi connectivity index (χ1n) is 8.54. The number of aromatic nitrogens is 3. The molecule has 7 nitrogen and oxygen atoms in total. The van der Waals surface area contributed by atoms with E-state index in [4.69, 9.17) is 0 Å². The van der Waals surface area contributed by atoms with Crippen molar-refractivity contribution in [3.8, 4) is 11.9 Å². The van der Waals surface area contributed by atoms with Crippen LogP contribution in [-0.2, 0) is 12.1 Å². The fourth-order valence-corrected chi connectivity index (χ4v) is 4.10. The van der Waals surface area contributed by atoms with Crippen molar-refractivity contribution < 1.29 is 14.6 Å². The standard InChI is InChI=1S/C18H19N5O2/c1-3-12-4-5-13-15(12)22(14-8-11(9-19)6-7-20-14)23-16(13)17(25)21-18(23,2)10-24/h6-8,12,24H,3-5,10H2,1-2H3/p+1. The fraction of sp³-hybridized carbons (Fsp3) is 0.444. The molecule has 1 amide bonds. The Morgan fingerprint density at radius 1 is 1.60 bits per heavy atom. The minimum atomic E-state index is -0.931. The summed E-state index contributed by atoms with van der Waals surface area (Å²) in [5, 5.41) is 22.1. The van der Waals surface area contributed by atoms with Crippen molar-refractivity contribution in [1.29, 1.82) is 5.26 Å². The number of nitrogens with one attached hydrogen (secondary N) is 1. The lowest BCUT2D eigenvalue weighted by Crippen LogP contribution is -2.64. The Morgan fingerprint density at radius 3 is 3.08 bits per heavy atom. The molecule has 3 heterocycles. The number of pyridine rings is 1. The predicted octanol–water partition coefficient (Wildman–Crippen LogP) is 0.880. The fourth-order valence-electron chi connectivity index (χ4n) is 4.10. The van der Waals surface area contributed by atoms with Crippen LogP contribution in [0, 0.1) is 11.3 Å². The van der Waals surface area contributed by atoms with E-state index in [0.717, 1.165) is 30.5 Å². The number of hydrogen-bond donors (Lipinski definition) is 2. The van der Waals surface area contributed by atoms with Gasteiger partial charge in [0.25, 0.3) is 5.66 Å². The molecule has 0 radical (unpaired) electrons. The van der Waals surface area contributed by atoms with Gasteiger partial charge in [-0.2, -0.15) is 5.26 Å². The van der Waals surface area contributed by atoms with Crippen molar-refractivity contribution in [2.45, 2.75) is 44.7 Å². The van der Waals surface area contributed by atoms with E-state index in [0.29, 0.717) is 23.0 Å². The molecule has 0 bridgehead atoms. The maximum absolute atomic E-state index is 12.6. The number of aliphatic hydroxyl groups excluding tert-OH is 1. The van der Waals surface area contributed by atoms with Crippen LogP contribution in [0.2, 0.25) is 0 Å². The lowest BCUT2D eigenvalue weighted by molar-refractivity contribution is -0.822. The molecule has 2 aromatic heterocycles. The van der Waals surface area contributed by atoms with Crippen LogP contribution in [-0.4, -0.2) is 27.3 Å². The monoisotopic (exact) mass is 338 g/mol. The summed E-state index contributed by atoms with van der Waals surface area (Å²) >= 11 is 0. The Labute approximate surface area is 145 Å². The van der Waals surface area contributed by atoms with Crippen molar-refractivity contribution in [3.63, 3.8) is 0 Å². The quantitative estimate of drug-likeness (QED) is 0.812. The highest BCUT2D eigenvalue weighted by Gasteiger charge is 2.56. The summed E-state index contributed by atoms with van der Waals surface area (Å²) in [5.41, 5.74) is 2.29. The number of carbonyl (C=O) groups excluding carboxylic acids is 1. The second-order valence-electron chi connectivity index (χ2n) is 6.88. The first-order valence-corrected chi connectivity index (χ1v) is 8.54. The average Bonchev–Trinajstić information content (AvgIpc) is 3.25. The molecule has 2 aliphatic rings. The highest BCUT2D eigenvalue weighted by atomic mass is 16.3. The van der Waals surface area contributed by atoms with Crippen LogP contribution in [0.3, 0.4) is 0 Å².